The first-order valence-corrected chi connectivity index (χ1v) is 9.70. The molecule has 0 saturated carbocycles. The molecule has 0 atom stereocenters. The van der Waals surface area contributed by atoms with E-state index in [0.29, 0.717) is 33.3 Å². The van der Waals surface area contributed by atoms with E-state index in [4.69, 9.17) is 28.0 Å². The Kier molecular flexibility index (Phi) is 6.10. The minimum absolute atomic E-state index is 0.0155. The molecule has 0 bridgehead atoms. The molecule has 0 radical (unpaired) electrons. The van der Waals surface area contributed by atoms with Gasteiger partial charge in [-0.15, -0.1) is 0 Å². The smallest absolute Gasteiger partial charge is 0.294 e. The summed E-state index contributed by atoms with van der Waals surface area (Å²) >= 11 is 13.0. The number of Topliss-reactive ketones (excluding diaryl/α,β-unsaturated/α-hetero) is 1. The van der Waals surface area contributed by atoms with Gasteiger partial charge in [0.05, 0.1) is 5.02 Å². The summed E-state index contributed by atoms with van der Waals surface area (Å²) < 4.78 is 0. The number of anilines is 1. The van der Waals surface area contributed by atoms with Crippen molar-refractivity contribution in [1.82, 2.24) is 5.48 Å². The van der Waals surface area contributed by atoms with Crippen LogP contribution >= 0.6 is 23.2 Å². The van der Waals surface area contributed by atoms with Gasteiger partial charge in [0, 0.05) is 28.4 Å². The number of benzene rings is 1. The molecule has 0 fully saturated rings. The minimum Gasteiger partial charge on any atom is -0.361 e. The van der Waals surface area contributed by atoms with Crippen molar-refractivity contribution in [3.05, 3.63) is 51.3 Å². The predicted octanol–water partition coefficient (Wildman–Crippen LogP) is 3.79. The zero-order valence-electron chi connectivity index (χ0n) is 16.2. The Bertz CT molecular complexity index is 1010. The summed E-state index contributed by atoms with van der Waals surface area (Å²) in [5.41, 5.74) is 5.66. The molecular weight excluding hydrogens is 415 g/mol. The van der Waals surface area contributed by atoms with Crippen LogP contribution in [0, 0.1) is 12.8 Å². The fourth-order valence-corrected chi connectivity index (χ4v) is 3.56. The monoisotopic (exact) mass is 434 g/mol. The van der Waals surface area contributed by atoms with Crippen LogP contribution in [0.1, 0.15) is 25.0 Å². The number of allylic oxidation sites excluding steroid dienone is 1. The van der Waals surface area contributed by atoms with Crippen molar-refractivity contribution in [3.63, 3.8) is 0 Å². The van der Waals surface area contributed by atoms with E-state index in [1.54, 1.807) is 13.0 Å². The highest BCUT2D eigenvalue weighted by atomic mass is 35.5. The van der Waals surface area contributed by atoms with E-state index in [2.05, 4.69) is 27.4 Å². The van der Waals surface area contributed by atoms with Crippen LogP contribution in [0.5, 0.6) is 0 Å². The first kappa shape index (κ1) is 21.1. The van der Waals surface area contributed by atoms with Gasteiger partial charge in [-0.2, -0.15) is 10.5 Å². The van der Waals surface area contributed by atoms with Crippen molar-refractivity contribution in [2.75, 3.05) is 11.9 Å². The Morgan fingerprint density at radius 3 is 2.76 bits per heavy atom. The van der Waals surface area contributed by atoms with Crippen molar-refractivity contribution < 1.29 is 14.4 Å². The van der Waals surface area contributed by atoms with Gasteiger partial charge in [-0.25, -0.2) is 0 Å². The average Bonchev–Trinajstić information content (AvgIpc) is 3.10. The van der Waals surface area contributed by atoms with Crippen LogP contribution < -0.4 is 10.8 Å². The number of hydrogen-bond acceptors (Lipinski definition) is 6. The third kappa shape index (κ3) is 4.52. The second-order valence-corrected chi connectivity index (χ2v) is 7.78. The molecule has 2 N–H and O–H groups in total. The van der Waals surface area contributed by atoms with Crippen molar-refractivity contribution in [2.24, 2.45) is 15.9 Å². The topological polar surface area (TPSA) is 92.2 Å². The Morgan fingerprint density at radius 2 is 2.14 bits per heavy atom. The van der Waals surface area contributed by atoms with E-state index in [1.165, 1.54) is 0 Å². The normalized spacial score (nSPS) is 16.1. The number of rotatable bonds is 5. The third-order valence-electron chi connectivity index (χ3n) is 4.57. The highest BCUT2D eigenvalue weighted by molar-refractivity contribution is 6.43. The molecule has 2 aliphatic rings. The second kappa shape index (κ2) is 8.39. The standard InChI is InChI=1S/C20H20Cl2N4O3/c1-9(2)13-5-12(23-8-17(13)27)6-14-15(21)7-16(10(3)18(14)22)25-20(28)19-24-11(4)29-26-19/h5,7,9H,4,6,8H2,1-3H3,(H,24,26)(H,25,28). The summed E-state index contributed by atoms with van der Waals surface area (Å²) in [6.45, 7) is 9.34. The lowest BCUT2D eigenvalue weighted by Gasteiger charge is -2.18. The highest BCUT2D eigenvalue weighted by Crippen LogP contribution is 2.35. The van der Waals surface area contributed by atoms with Gasteiger partial charge in [0.1, 0.15) is 6.54 Å². The van der Waals surface area contributed by atoms with Gasteiger partial charge < -0.3 is 10.2 Å². The van der Waals surface area contributed by atoms with Crippen LogP contribution in [0.2, 0.25) is 10.0 Å². The number of carbonyl (C=O) groups excluding carboxylic acids is 2. The van der Waals surface area contributed by atoms with Crippen LogP contribution in [0.15, 0.2) is 40.2 Å². The van der Waals surface area contributed by atoms with E-state index in [1.807, 2.05) is 19.9 Å². The van der Waals surface area contributed by atoms with E-state index < -0.39 is 5.91 Å². The van der Waals surface area contributed by atoms with Crippen molar-refractivity contribution in [1.29, 1.82) is 0 Å². The van der Waals surface area contributed by atoms with Gasteiger partial charge >= 0.3 is 0 Å². The number of amidine groups is 1. The highest BCUT2D eigenvalue weighted by Gasteiger charge is 2.23. The number of dihydropyridines is 1. The summed E-state index contributed by atoms with van der Waals surface area (Å²) in [4.78, 5) is 37.3. The fourth-order valence-electron chi connectivity index (χ4n) is 2.97. The third-order valence-corrected chi connectivity index (χ3v) is 5.42. The zero-order valence-corrected chi connectivity index (χ0v) is 17.7. The summed E-state index contributed by atoms with van der Waals surface area (Å²) in [5, 5.41) is 3.51. The maximum Gasteiger partial charge on any atom is 0.294 e. The quantitative estimate of drug-likeness (QED) is 0.736. The predicted molar refractivity (Wildman–Crippen MR) is 115 cm³/mol. The second-order valence-electron chi connectivity index (χ2n) is 7.00. The number of nitrogens with zero attached hydrogens (tertiary/aromatic N) is 2. The molecule has 3 rings (SSSR count). The molecule has 2 aliphatic heterocycles. The number of ketones is 1. The van der Waals surface area contributed by atoms with E-state index in [-0.39, 0.29) is 30.0 Å². The number of hydrogen-bond donors (Lipinski definition) is 2. The summed E-state index contributed by atoms with van der Waals surface area (Å²) in [7, 11) is 0. The average molecular weight is 435 g/mol. The molecule has 1 amide bonds. The maximum absolute atomic E-state index is 12.3. The molecule has 7 nitrogen and oxygen atoms in total. The Balaban J connectivity index is 1.84. The number of amides is 1. The van der Waals surface area contributed by atoms with E-state index in [9.17, 15) is 9.59 Å². The number of aliphatic imine (C=N–C) groups is 2. The number of nitrogens with one attached hydrogen (secondary N) is 2. The van der Waals surface area contributed by atoms with Crippen LogP contribution in [-0.2, 0) is 20.8 Å². The number of carbonyl (C=O) groups is 2. The van der Waals surface area contributed by atoms with Crippen molar-refractivity contribution in [3.8, 4) is 0 Å². The van der Waals surface area contributed by atoms with Crippen LogP contribution in [0.25, 0.3) is 0 Å². The Morgan fingerprint density at radius 1 is 1.41 bits per heavy atom. The first-order chi connectivity index (χ1) is 13.7. The lowest BCUT2D eigenvalue weighted by Crippen LogP contribution is -2.31. The Hall–Kier alpha value is -2.64. The van der Waals surface area contributed by atoms with E-state index >= 15 is 0 Å². The molecular formula is C20H20Cl2N4O3. The molecule has 9 heteroatoms. The van der Waals surface area contributed by atoms with Crippen LogP contribution in [-0.4, -0.2) is 29.8 Å². The van der Waals surface area contributed by atoms with Gasteiger partial charge in [0.25, 0.3) is 5.91 Å². The summed E-state index contributed by atoms with van der Waals surface area (Å²) in [6, 6.07) is 1.63. The molecule has 0 spiro atoms. The molecule has 0 unspecified atom stereocenters. The number of halogens is 2. The van der Waals surface area contributed by atoms with Gasteiger partial charge in [-0.05, 0) is 42.7 Å². The zero-order chi connectivity index (χ0) is 21.3. The molecule has 1 aromatic carbocycles. The molecule has 0 saturated heterocycles. The van der Waals surface area contributed by atoms with Gasteiger partial charge in [-0.1, -0.05) is 37.0 Å². The summed E-state index contributed by atoms with van der Waals surface area (Å²) in [6.07, 6.45) is 2.20. The number of hydroxylamine groups is 1. The summed E-state index contributed by atoms with van der Waals surface area (Å²) in [5.74, 6) is -0.279. The lowest BCUT2D eigenvalue weighted by molar-refractivity contribution is -0.114. The van der Waals surface area contributed by atoms with Gasteiger partial charge in [0.2, 0.25) is 11.7 Å². The maximum atomic E-state index is 12.3. The SMILES string of the molecule is C=C1N=C(C(=O)Nc2cc(Cl)c(CC3=NCC(=O)C(C(C)C)=C3)c(Cl)c2C)NO1. The van der Waals surface area contributed by atoms with Crippen molar-refractivity contribution in [2.45, 2.75) is 27.2 Å². The molecule has 1 aromatic rings. The first-order valence-electron chi connectivity index (χ1n) is 8.94. The van der Waals surface area contributed by atoms with Crippen LogP contribution in [0.4, 0.5) is 5.69 Å². The fraction of sp³-hybridized carbons (Fsp3) is 0.300. The molecule has 29 heavy (non-hydrogen) atoms. The van der Waals surface area contributed by atoms with E-state index in [0.717, 1.165) is 11.3 Å². The largest absolute Gasteiger partial charge is 0.361 e. The molecule has 0 aromatic heterocycles. The molecule has 0 aliphatic carbocycles. The molecule has 2 heterocycles. The minimum atomic E-state index is -0.508. The van der Waals surface area contributed by atoms with Gasteiger partial charge in [0.15, 0.2) is 5.78 Å². The van der Waals surface area contributed by atoms with Crippen molar-refractivity contribution >= 4 is 52.1 Å². The Labute approximate surface area is 178 Å². The van der Waals surface area contributed by atoms with Crippen LogP contribution in [0.3, 0.4) is 0 Å². The van der Waals surface area contributed by atoms with Gasteiger partial charge in [-0.3, -0.25) is 14.6 Å². The lowest BCUT2D eigenvalue weighted by atomic mass is 9.93. The molecule has 152 valence electrons.